The Balaban J connectivity index is 2.28. The average molecular weight is 317 g/mol. The molecule has 1 aliphatic rings. The highest BCUT2D eigenvalue weighted by atomic mass is 32.2. The molecule has 0 amide bonds. The van der Waals surface area contributed by atoms with Crippen molar-refractivity contribution in [3.8, 4) is 0 Å². The number of nitrogens with zero attached hydrogens (tertiary/aromatic N) is 1. The van der Waals surface area contributed by atoms with E-state index in [9.17, 15) is 22.9 Å². The minimum absolute atomic E-state index is 0.331. The van der Waals surface area contributed by atoms with Gasteiger partial charge >= 0.3 is 0 Å². The zero-order chi connectivity index (χ0) is 15.5. The standard InChI is InChI=1S/C12H16FN3O4S/c13-9-4-5-12(11(7-9)16(17)18)21(19,20)15-10-3-1-2-6-14-8-10/h4-5,7,10,14-15H,1-3,6,8H2. The summed E-state index contributed by atoms with van der Waals surface area (Å²) in [7, 11) is -4.07. The van der Waals surface area contributed by atoms with Crippen LogP contribution in [0.3, 0.4) is 0 Å². The molecule has 0 aromatic heterocycles. The van der Waals surface area contributed by atoms with Crippen LogP contribution < -0.4 is 10.0 Å². The first-order valence-corrected chi connectivity index (χ1v) is 8.05. The van der Waals surface area contributed by atoms with Gasteiger partial charge in [0.05, 0.1) is 11.0 Å². The fraction of sp³-hybridized carbons (Fsp3) is 0.500. The quantitative estimate of drug-likeness (QED) is 0.641. The Morgan fingerprint density at radius 3 is 2.86 bits per heavy atom. The number of halogens is 1. The van der Waals surface area contributed by atoms with E-state index in [1.54, 1.807) is 0 Å². The van der Waals surface area contributed by atoms with Gasteiger partial charge in [-0.15, -0.1) is 0 Å². The Morgan fingerprint density at radius 2 is 2.14 bits per heavy atom. The van der Waals surface area contributed by atoms with Crippen molar-refractivity contribution in [2.45, 2.75) is 30.2 Å². The number of nitro benzene ring substituents is 1. The van der Waals surface area contributed by atoms with Gasteiger partial charge in [-0.2, -0.15) is 0 Å². The van der Waals surface area contributed by atoms with Crippen LogP contribution in [0.15, 0.2) is 23.1 Å². The highest BCUT2D eigenvalue weighted by molar-refractivity contribution is 7.89. The molecule has 0 radical (unpaired) electrons. The predicted octanol–water partition coefficient (Wildman–Crippen LogP) is 1.15. The summed E-state index contributed by atoms with van der Waals surface area (Å²) in [5, 5.41) is 14.0. The van der Waals surface area contributed by atoms with Crippen LogP contribution in [0.2, 0.25) is 0 Å². The maximum Gasteiger partial charge on any atom is 0.292 e. The molecule has 9 heteroatoms. The normalized spacial score (nSPS) is 20.0. The van der Waals surface area contributed by atoms with Crippen LogP contribution in [0.4, 0.5) is 10.1 Å². The summed E-state index contributed by atoms with van der Waals surface area (Å²) < 4.78 is 40.1. The van der Waals surface area contributed by atoms with Crippen molar-refractivity contribution in [3.05, 3.63) is 34.1 Å². The van der Waals surface area contributed by atoms with Crippen molar-refractivity contribution in [2.75, 3.05) is 13.1 Å². The summed E-state index contributed by atoms with van der Waals surface area (Å²) in [6.07, 6.45) is 2.47. The number of hydrogen-bond donors (Lipinski definition) is 2. The van der Waals surface area contributed by atoms with Gasteiger partial charge < -0.3 is 5.32 Å². The van der Waals surface area contributed by atoms with E-state index in [4.69, 9.17) is 0 Å². The van der Waals surface area contributed by atoms with E-state index >= 15 is 0 Å². The van der Waals surface area contributed by atoms with E-state index in [0.717, 1.165) is 31.5 Å². The van der Waals surface area contributed by atoms with E-state index in [0.29, 0.717) is 19.0 Å². The summed E-state index contributed by atoms with van der Waals surface area (Å²) in [6, 6.07) is 2.09. The number of hydrogen-bond acceptors (Lipinski definition) is 5. The topological polar surface area (TPSA) is 101 Å². The minimum atomic E-state index is -4.07. The van der Waals surface area contributed by atoms with E-state index in [-0.39, 0.29) is 6.04 Å². The summed E-state index contributed by atoms with van der Waals surface area (Å²) >= 11 is 0. The Labute approximate surface area is 121 Å². The molecule has 1 heterocycles. The molecule has 0 saturated carbocycles. The zero-order valence-corrected chi connectivity index (χ0v) is 12.0. The molecule has 2 N–H and O–H groups in total. The van der Waals surface area contributed by atoms with Crippen molar-refractivity contribution in [2.24, 2.45) is 0 Å². The van der Waals surface area contributed by atoms with E-state index in [2.05, 4.69) is 10.0 Å². The highest BCUT2D eigenvalue weighted by Gasteiger charge is 2.28. The number of sulfonamides is 1. The molecule has 0 aliphatic carbocycles. The van der Waals surface area contributed by atoms with Gasteiger partial charge in [0.15, 0.2) is 4.90 Å². The van der Waals surface area contributed by atoms with Crippen molar-refractivity contribution in [3.63, 3.8) is 0 Å². The predicted molar refractivity (Wildman–Crippen MR) is 73.9 cm³/mol. The lowest BCUT2D eigenvalue weighted by Crippen LogP contribution is -2.40. The highest BCUT2D eigenvalue weighted by Crippen LogP contribution is 2.25. The largest absolute Gasteiger partial charge is 0.315 e. The Morgan fingerprint density at radius 1 is 1.38 bits per heavy atom. The average Bonchev–Trinajstić information content (AvgIpc) is 2.66. The first-order valence-electron chi connectivity index (χ1n) is 6.57. The molecule has 2 rings (SSSR count). The third-order valence-electron chi connectivity index (χ3n) is 3.28. The van der Waals surface area contributed by atoms with Crippen molar-refractivity contribution >= 4 is 15.7 Å². The van der Waals surface area contributed by atoms with Crippen LogP contribution in [0.5, 0.6) is 0 Å². The Bertz CT molecular complexity index is 627. The van der Waals surface area contributed by atoms with E-state index in [1.807, 2.05) is 0 Å². The second kappa shape index (κ2) is 6.46. The van der Waals surface area contributed by atoms with Crippen LogP contribution in [0, 0.1) is 15.9 Å². The van der Waals surface area contributed by atoms with E-state index < -0.39 is 31.3 Å². The van der Waals surface area contributed by atoms with Gasteiger partial charge in [-0.05, 0) is 31.5 Å². The number of nitro groups is 1. The molecule has 0 spiro atoms. The monoisotopic (exact) mass is 317 g/mol. The van der Waals surface area contributed by atoms with Gasteiger partial charge in [-0.3, -0.25) is 10.1 Å². The van der Waals surface area contributed by atoms with Crippen molar-refractivity contribution in [1.29, 1.82) is 0 Å². The number of benzene rings is 1. The molecule has 7 nitrogen and oxygen atoms in total. The maximum absolute atomic E-state index is 13.1. The van der Waals surface area contributed by atoms with Crippen LogP contribution in [-0.4, -0.2) is 32.5 Å². The third-order valence-corrected chi connectivity index (χ3v) is 4.84. The van der Waals surface area contributed by atoms with Gasteiger partial charge in [0.2, 0.25) is 10.0 Å². The molecule has 116 valence electrons. The summed E-state index contributed by atoms with van der Waals surface area (Å²) in [5.74, 6) is -0.850. The van der Waals surface area contributed by atoms with Crippen LogP contribution in [-0.2, 0) is 10.0 Å². The first kappa shape index (κ1) is 15.8. The molecule has 1 aromatic carbocycles. The minimum Gasteiger partial charge on any atom is -0.315 e. The Kier molecular flexibility index (Phi) is 4.86. The van der Waals surface area contributed by atoms with Crippen molar-refractivity contribution in [1.82, 2.24) is 10.0 Å². The second-order valence-corrected chi connectivity index (χ2v) is 6.57. The molecule has 1 aliphatic heterocycles. The van der Waals surface area contributed by atoms with Crippen LogP contribution in [0.1, 0.15) is 19.3 Å². The first-order chi connectivity index (χ1) is 9.90. The number of rotatable bonds is 4. The van der Waals surface area contributed by atoms with Crippen LogP contribution >= 0.6 is 0 Å². The zero-order valence-electron chi connectivity index (χ0n) is 11.2. The fourth-order valence-corrected chi connectivity index (χ4v) is 3.69. The summed E-state index contributed by atoms with van der Waals surface area (Å²) in [4.78, 5) is 9.49. The summed E-state index contributed by atoms with van der Waals surface area (Å²) in [6.45, 7) is 1.28. The van der Waals surface area contributed by atoms with Gasteiger partial charge in [-0.25, -0.2) is 17.5 Å². The number of nitrogens with one attached hydrogen (secondary N) is 2. The van der Waals surface area contributed by atoms with Crippen LogP contribution in [0.25, 0.3) is 0 Å². The lowest BCUT2D eigenvalue weighted by molar-refractivity contribution is -0.388. The molecular weight excluding hydrogens is 301 g/mol. The fourth-order valence-electron chi connectivity index (χ4n) is 2.26. The molecular formula is C12H16FN3O4S. The molecule has 21 heavy (non-hydrogen) atoms. The molecule has 0 bridgehead atoms. The Hall–Kier alpha value is -1.58. The SMILES string of the molecule is O=[N+]([O-])c1cc(F)ccc1S(=O)(=O)NC1CCCCNC1. The summed E-state index contributed by atoms with van der Waals surface area (Å²) in [5.41, 5.74) is -0.760. The third kappa shape index (κ3) is 3.96. The molecule has 1 aromatic rings. The maximum atomic E-state index is 13.1. The molecule has 1 atom stereocenters. The van der Waals surface area contributed by atoms with Crippen molar-refractivity contribution < 1.29 is 17.7 Å². The molecule has 1 unspecified atom stereocenters. The van der Waals surface area contributed by atoms with Gasteiger partial charge in [0.25, 0.3) is 5.69 Å². The lowest BCUT2D eigenvalue weighted by atomic mass is 10.2. The van der Waals surface area contributed by atoms with Gasteiger partial charge in [-0.1, -0.05) is 6.42 Å². The molecule has 1 fully saturated rings. The van der Waals surface area contributed by atoms with E-state index in [1.165, 1.54) is 0 Å². The molecule has 1 saturated heterocycles. The van der Waals surface area contributed by atoms with Gasteiger partial charge in [0, 0.05) is 12.6 Å². The smallest absolute Gasteiger partial charge is 0.292 e. The lowest BCUT2D eigenvalue weighted by Gasteiger charge is -2.16. The van der Waals surface area contributed by atoms with Gasteiger partial charge in [0.1, 0.15) is 5.82 Å². The second-order valence-electron chi connectivity index (χ2n) is 4.89.